The molecule has 0 atom stereocenters. The van der Waals surface area contributed by atoms with Crippen molar-refractivity contribution in [3.8, 4) is 11.5 Å². The molecular formula is C11H17BrO2Si. The second-order valence-electron chi connectivity index (χ2n) is 4.41. The summed E-state index contributed by atoms with van der Waals surface area (Å²) in [5.74, 6) is 1.72. The number of halogens is 1. The zero-order chi connectivity index (χ0) is 11.6. The molecule has 1 aromatic rings. The van der Waals surface area contributed by atoms with Crippen LogP contribution in [0.5, 0.6) is 11.5 Å². The normalized spacial score (nSPS) is 11.3. The lowest BCUT2D eigenvalue weighted by Gasteiger charge is -2.21. The molecular weight excluding hydrogens is 272 g/mol. The van der Waals surface area contributed by atoms with Crippen LogP contribution in [-0.2, 0) is 0 Å². The van der Waals surface area contributed by atoms with Gasteiger partial charge in [-0.3, -0.25) is 0 Å². The summed E-state index contributed by atoms with van der Waals surface area (Å²) < 4.78 is 11.6. The fraction of sp³-hybridized carbons (Fsp3) is 0.455. The van der Waals surface area contributed by atoms with E-state index in [0.717, 1.165) is 16.0 Å². The molecule has 0 saturated carbocycles. The van der Waals surface area contributed by atoms with Crippen molar-refractivity contribution < 1.29 is 9.47 Å². The Balaban J connectivity index is 3.38. The van der Waals surface area contributed by atoms with E-state index in [4.69, 9.17) is 9.47 Å². The third kappa shape index (κ3) is 2.55. The topological polar surface area (TPSA) is 18.5 Å². The fourth-order valence-corrected chi connectivity index (χ4v) is 3.83. The molecule has 0 bridgehead atoms. The van der Waals surface area contributed by atoms with Gasteiger partial charge in [-0.2, -0.15) is 0 Å². The second-order valence-corrected chi connectivity index (χ2v) is 10.2. The predicted octanol–water partition coefficient (Wildman–Crippen LogP) is 3.01. The highest BCUT2D eigenvalue weighted by atomic mass is 79.9. The lowest BCUT2D eigenvalue weighted by molar-refractivity contribution is 0.391. The molecule has 0 amide bonds. The number of benzene rings is 1. The molecule has 15 heavy (non-hydrogen) atoms. The largest absolute Gasteiger partial charge is 0.496 e. The van der Waals surface area contributed by atoms with E-state index in [2.05, 4.69) is 41.6 Å². The fourth-order valence-electron chi connectivity index (χ4n) is 1.49. The van der Waals surface area contributed by atoms with Crippen LogP contribution in [-0.4, -0.2) is 22.3 Å². The maximum atomic E-state index is 5.45. The zero-order valence-corrected chi connectivity index (χ0v) is 12.4. The van der Waals surface area contributed by atoms with Crippen LogP contribution < -0.4 is 14.7 Å². The lowest BCUT2D eigenvalue weighted by atomic mass is 10.3. The summed E-state index contributed by atoms with van der Waals surface area (Å²) in [7, 11) is 1.98. The van der Waals surface area contributed by atoms with Crippen LogP contribution >= 0.6 is 15.9 Å². The van der Waals surface area contributed by atoms with Gasteiger partial charge in [0.2, 0.25) is 0 Å². The summed E-state index contributed by atoms with van der Waals surface area (Å²) in [6, 6.07) is 4.09. The van der Waals surface area contributed by atoms with Gasteiger partial charge in [-0.15, -0.1) is 0 Å². The van der Waals surface area contributed by atoms with E-state index in [-0.39, 0.29) is 0 Å². The molecule has 4 heteroatoms. The first-order valence-electron chi connectivity index (χ1n) is 4.82. The van der Waals surface area contributed by atoms with Crippen LogP contribution in [0, 0.1) is 0 Å². The lowest BCUT2D eigenvalue weighted by Crippen LogP contribution is -2.38. The van der Waals surface area contributed by atoms with Gasteiger partial charge in [-0.1, -0.05) is 25.7 Å². The molecule has 0 aliphatic carbocycles. The summed E-state index contributed by atoms with van der Waals surface area (Å²) in [4.78, 5) is 0. The second kappa shape index (κ2) is 4.57. The molecule has 1 rings (SSSR count). The Morgan fingerprint density at radius 3 is 2.07 bits per heavy atom. The number of methoxy groups -OCH3 is 2. The molecule has 0 aliphatic heterocycles. The highest BCUT2D eigenvalue weighted by molar-refractivity contribution is 9.10. The molecule has 0 heterocycles. The first kappa shape index (κ1) is 12.6. The Labute approximate surface area is 101 Å². The predicted molar refractivity (Wildman–Crippen MR) is 70.2 cm³/mol. The summed E-state index contributed by atoms with van der Waals surface area (Å²) in [6.07, 6.45) is 0. The van der Waals surface area contributed by atoms with Gasteiger partial charge >= 0.3 is 0 Å². The smallest absolute Gasteiger partial charge is 0.136 e. The Hall–Kier alpha value is -0.483. The van der Waals surface area contributed by atoms with Crippen molar-refractivity contribution in [3.05, 3.63) is 16.6 Å². The summed E-state index contributed by atoms with van der Waals surface area (Å²) in [5.41, 5.74) is 0. The van der Waals surface area contributed by atoms with Gasteiger partial charge in [0.05, 0.1) is 22.3 Å². The van der Waals surface area contributed by atoms with Crippen LogP contribution in [0.25, 0.3) is 0 Å². The maximum Gasteiger partial charge on any atom is 0.136 e. The molecule has 0 aliphatic rings. The molecule has 0 aromatic heterocycles. The van der Waals surface area contributed by atoms with Crippen molar-refractivity contribution in [2.24, 2.45) is 0 Å². The van der Waals surface area contributed by atoms with Gasteiger partial charge in [-0.05, 0) is 27.2 Å². The van der Waals surface area contributed by atoms with Gasteiger partial charge in [0.15, 0.2) is 0 Å². The molecule has 84 valence electrons. The molecule has 0 spiro atoms. The molecule has 0 radical (unpaired) electrons. The van der Waals surface area contributed by atoms with Crippen LogP contribution in [0.3, 0.4) is 0 Å². The number of rotatable bonds is 3. The number of hydrogen-bond donors (Lipinski definition) is 0. The van der Waals surface area contributed by atoms with E-state index in [1.165, 1.54) is 5.19 Å². The first-order valence-corrected chi connectivity index (χ1v) is 9.12. The molecule has 0 unspecified atom stereocenters. The number of ether oxygens (including phenoxy) is 2. The summed E-state index contributed by atoms with van der Waals surface area (Å²) in [6.45, 7) is 6.89. The van der Waals surface area contributed by atoms with E-state index < -0.39 is 8.07 Å². The van der Waals surface area contributed by atoms with E-state index in [9.17, 15) is 0 Å². The summed E-state index contributed by atoms with van der Waals surface area (Å²) >= 11 is 3.52. The Bertz CT molecular complexity index is 358. The van der Waals surface area contributed by atoms with Gasteiger partial charge in [0, 0.05) is 0 Å². The zero-order valence-electron chi connectivity index (χ0n) is 9.85. The van der Waals surface area contributed by atoms with E-state index in [0.29, 0.717) is 0 Å². The minimum absolute atomic E-state index is 0.814. The van der Waals surface area contributed by atoms with E-state index in [1.54, 1.807) is 14.2 Å². The van der Waals surface area contributed by atoms with Gasteiger partial charge in [0.1, 0.15) is 16.0 Å². The Morgan fingerprint density at radius 1 is 1.07 bits per heavy atom. The van der Waals surface area contributed by atoms with Crippen LogP contribution in [0.4, 0.5) is 0 Å². The van der Waals surface area contributed by atoms with E-state index in [1.807, 2.05) is 6.07 Å². The minimum atomic E-state index is -1.38. The van der Waals surface area contributed by atoms with Crippen LogP contribution in [0.1, 0.15) is 0 Å². The Morgan fingerprint density at radius 2 is 1.67 bits per heavy atom. The number of hydrogen-bond acceptors (Lipinski definition) is 2. The van der Waals surface area contributed by atoms with Crippen LogP contribution in [0.2, 0.25) is 19.6 Å². The van der Waals surface area contributed by atoms with Gasteiger partial charge < -0.3 is 9.47 Å². The van der Waals surface area contributed by atoms with Crippen molar-refractivity contribution in [1.82, 2.24) is 0 Å². The van der Waals surface area contributed by atoms with Crippen molar-refractivity contribution in [2.75, 3.05) is 14.2 Å². The average Bonchev–Trinajstić information content (AvgIpc) is 2.15. The summed E-state index contributed by atoms with van der Waals surface area (Å²) in [5, 5.41) is 1.30. The van der Waals surface area contributed by atoms with Gasteiger partial charge in [-0.25, -0.2) is 0 Å². The highest BCUT2D eigenvalue weighted by Crippen LogP contribution is 2.33. The third-order valence-corrected chi connectivity index (χ3v) is 5.05. The maximum absolute atomic E-state index is 5.45. The van der Waals surface area contributed by atoms with E-state index >= 15 is 0 Å². The van der Waals surface area contributed by atoms with Gasteiger partial charge in [0.25, 0.3) is 0 Å². The van der Waals surface area contributed by atoms with Crippen molar-refractivity contribution in [1.29, 1.82) is 0 Å². The van der Waals surface area contributed by atoms with Crippen molar-refractivity contribution in [3.63, 3.8) is 0 Å². The quantitative estimate of drug-likeness (QED) is 0.796. The third-order valence-electron chi connectivity index (χ3n) is 2.29. The average molecular weight is 289 g/mol. The Kier molecular flexibility index (Phi) is 3.84. The van der Waals surface area contributed by atoms with Crippen LogP contribution in [0.15, 0.2) is 16.6 Å². The SMILES string of the molecule is COc1ccc([Si](C)(C)C)c(OC)c1Br. The molecule has 2 nitrogen and oxygen atoms in total. The van der Waals surface area contributed by atoms with Crippen molar-refractivity contribution >= 4 is 29.2 Å². The molecule has 0 N–H and O–H groups in total. The molecule has 0 saturated heterocycles. The molecule has 0 fully saturated rings. The first-order chi connectivity index (χ1) is 6.91. The monoisotopic (exact) mass is 288 g/mol. The highest BCUT2D eigenvalue weighted by Gasteiger charge is 2.24. The molecule has 1 aromatic carbocycles. The standard InChI is InChI=1S/C11H17BrO2Si/c1-13-8-6-7-9(15(3,4)5)11(14-2)10(8)12/h6-7H,1-5H3. The van der Waals surface area contributed by atoms with Crippen molar-refractivity contribution in [2.45, 2.75) is 19.6 Å². The minimum Gasteiger partial charge on any atom is -0.496 e.